The van der Waals surface area contributed by atoms with E-state index >= 15 is 0 Å². The Hall–Kier alpha value is -0.520. The highest BCUT2D eigenvalue weighted by molar-refractivity contribution is 6.34. The van der Waals surface area contributed by atoms with Crippen LogP contribution in [-0.4, -0.2) is 44.1 Å². The lowest BCUT2D eigenvalue weighted by atomic mass is 10.3. The van der Waals surface area contributed by atoms with E-state index in [1.807, 2.05) is 0 Å². The lowest BCUT2D eigenvalue weighted by molar-refractivity contribution is 0.103. The Morgan fingerprint density at radius 1 is 1.29 bits per heavy atom. The van der Waals surface area contributed by atoms with Gasteiger partial charge in [-0.1, -0.05) is 30.1 Å². The molecule has 4 nitrogen and oxygen atoms in total. The molecule has 0 aliphatic rings. The Morgan fingerprint density at radius 3 is 2.86 bits per heavy atom. The Labute approximate surface area is 136 Å². The smallest absolute Gasteiger partial charge is 0.139 e. The van der Waals surface area contributed by atoms with Crippen molar-refractivity contribution in [3.05, 3.63) is 28.2 Å². The molecule has 0 aliphatic carbocycles. The van der Waals surface area contributed by atoms with Gasteiger partial charge in [0.2, 0.25) is 0 Å². The summed E-state index contributed by atoms with van der Waals surface area (Å²) in [5, 5.41) is 14.0. The van der Waals surface area contributed by atoms with Gasteiger partial charge >= 0.3 is 0 Å². The van der Waals surface area contributed by atoms with E-state index in [9.17, 15) is 5.11 Å². The van der Waals surface area contributed by atoms with Crippen LogP contribution in [0.5, 0.6) is 5.75 Å². The van der Waals surface area contributed by atoms with Gasteiger partial charge in [-0.25, -0.2) is 0 Å². The van der Waals surface area contributed by atoms with E-state index in [2.05, 4.69) is 12.2 Å². The summed E-state index contributed by atoms with van der Waals surface area (Å²) in [4.78, 5) is 0. The van der Waals surface area contributed by atoms with Crippen molar-refractivity contribution in [2.75, 3.05) is 32.9 Å². The molecule has 1 unspecified atom stereocenters. The van der Waals surface area contributed by atoms with E-state index in [4.69, 9.17) is 32.7 Å². The number of hydrogen-bond donors (Lipinski definition) is 2. The number of aliphatic hydroxyl groups is 1. The van der Waals surface area contributed by atoms with Gasteiger partial charge in [-0.3, -0.25) is 0 Å². The molecule has 0 saturated heterocycles. The van der Waals surface area contributed by atoms with Gasteiger partial charge in [-0.15, -0.1) is 0 Å². The average molecular weight is 336 g/mol. The van der Waals surface area contributed by atoms with Gasteiger partial charge in [0, 0.05) is 30.8 Å². The molecule has 1 aromatic rings. The summed E-state index contributed by atoms with van der Waals surface area (Å²) in [6.07, 6.45) is 1.36. The fraction of sp³-hybridized carbons (Fsp3) is 0.600. The second-order valence-electron chi connectivity index (χ2n) is 4.71. The highest BCUT2D eigenvalue weighted by Crippen LogP contribution is 2.27. The van der Waals surface area contributed by atoms with Crippen LogP contribution in [0.2, 0.25) is 10.0 Å². The first-order chi connectivity index (χ1) is 10.1. The molecule has 0 heterocycles. The Kier molecular flexibility index (Phi) is 9.79. The molecule has 2 N–H and O–H groups in total. The summed E-state index contributed by atoms with van der Waals surface area (Å²) in [6, 6.07) is 4.99. The monoisotopic (exact) mass is 335 g/mol. The first-order valence-corrected chi connectivity index (χ1v) is 7.93. The maximum absolute atomic E-state index is 9.82. The molecule has 0 amide bonds. The summed E-state index contributed by atoms with van der Waals surface area (Å²) >= 11 is 11.8. The summed E-state index contributed by atoms with van der Waals surface area (Å²) in [6.45, 7) is 5.06. The molecule has 1 rings (SSSR count). The van der Waals surface area contributed by atoms with Crippen molar-refractivity contribution >= 4 is 23.2 Å². The predicted molar refractivity (Wildman–Crippen MR) is 86.6 cm³/mol. The van der Waals surface area contributed by atoms with Gasteiger partial charge in [0.25, 0.3) is 0 Å². The largest absolute Gasteiger partial charge is 0.489 e. The fourth-order valence-corrected chi connectivity index (χ4v) is 1.98. The first-order valence-electron chi connectivity index (χ1n) is 7.18. The number of ether oxygens (including phenoxy) is 2. The second kappa shape index (κ2) is 11.1. The second-order valence-corrected chi connectivity index (χ2v) is 5.55. The Morgan fingerprint density at radius 2 is 2.10 bits per heavy atom. The molecular weight excluding hydrogens is 313 g/mol. The van der Waals surface area contributed by atoms with Crippen molar-refractivity contribution < 1.29 is 14.6 Å². The zero-order valence-corrected chi connectivity index (χ0v) is 13.8. The van der Waals surface area contributed by atoms with Gasteiger partial charge < -0.3 is 19.9 Å². The summed E-state index contributed by atoms with van der Waals surface area (Å²) < 4.78 is 10.8. The lowest BCUT2D eigenvalue weighted by Gasteiger charge is -2.14. The van der Waals surface area contributed by atoms with Gasteiger partial charge in [0.05, 0.1) is 5.02 Å². The molecule has 0 radical (unpaired) electrons. The number of benzene rings is 1. The number of aliphatic hydroxyl groups excluding tert-OH is 1. The van der Waals surface area contributed by atoms with Crippen LogP contribution in [0.1, 0.15) is 19.8 Å². The maximum atomic E-state index is 9.82. The minimum Gasteiger partial charge on any atom is -0.489 e. The number of nitrogens with one attached hydrogen (secondary N) is 1. The molecule has 0 saturated carbocycles. The van der Waals surface area contributed by atoms with Crippen molar-refractivity contribution in [3.63, 3.8) is 0 Å². The summed E-state index contributed by atoms with van der Waals surface area (Å²) in [5.74, 6) is 0.483. The van der Waals surface area contributed by atoms with Crippen LogP contribution in [0.15, 0.2) is 18.2 Å². The third kappa shape index (κ3) is 8.49. The van der Waals surface area contributed by atoms with Gasteiger partial charge in [-0.05, 0) is 31.5 Å². The fourth-order valence-electron chi connectivity index (χ4n) is 1.65. The number of hydrogen-bond acceptors (Lipinski definition) is 4. The molecule has 21 heavy (non-hydrogen) atoms. The van der Waals surface area contributed by atoms with E-state index < -0.39 is 6.10 Å². The Bertz CT molecular complexity index is 405. The first kappa shape index (κ1) is 18.5. The van der Waals surface area contributed by atoms with E-state index in [0.29, 0.717) is 22.3 Å². The molecular formula is C15H23Cl2NO3. The lowest BCUT2D eigenvalue weighted by Crippen LogP contribution is -2.32. The summed E-state index contributed by atoms with van der Waals surface area (Å²) in [7, 11) is 0. The average Bonchev–Trinajstić information content (AvgIpc) is 2.47. The Balaban J connectivity index is 2.11. The third-order valence-corrected chi connectivity index (χ3v) is 3.24. The van der Waals surface area contributed by atoms with Gasteiger partial charge in [-0.2, -0.15) is 0 Å². The van der Waals surface area contributed by atoms with Gasteiger partial charge in [0.1, 0.15) is 18.5 Å². The van der Waals surface area contributed by atoms with Crippen LogP contribution in [0.4, 0.5) is 0 Å². The SMILES string of the molecule is CCCOCCCNCC(O)COc1cc(Cl)ccc1Cl. The van der Waals surface area contributed by atoms with Crippen LogP contribution in [-0.2, 0) is 4.74 Å². The zero-order chi connectivity index (χ0) is 15.5. The predicted octanol–water partition coefficient (Wildman–Crippen LogP) is 3.14. The standard InChI is InChI=1S/C15H23Cl2NO3/c1-2-7-20-8-3-6-18-10-13(19)11-21-15-9-12(16)4-5-14(15)17/h4-5,9,13,18-19H,2-3,6-8,10-11H2,1H3. The molecule has 6 heteroatoms. The number of rotatable bonds is 11. The highest BCUT2D eigenvalue weighted by Gasteiger charge is 2.07. The molecule has 0 spiro atoms. The maximum Gasteiger partial charge on any atom is 0.139 e. The van der Waals surface area contributed by atoms with E-state index in [1.54, 1.807) is 18.2 Å². The van der Waals surface area contributed by atoms with Crippen molar-refractivity contribution in [3.8, 4) is 5.75 Å². The quantitative estimate of drug-likeness (QED) is 0.610. The zero-order valence-electron chi connectivity index (χ0n) is 12.3. The van der Waals surface area contributed by atoms with E-state index in [0.717, 1.165) is 32.6 Å². The van der Waals surface area contributed by atoms with Crippen molar-refractivity contribution in [2.24, 2.45) is 0 Å². The van der Waals surface area contributed by atoms with Crippen molar-refractivity contribution in [2.45, 2.75) is 25.9 Å². The van der Waals surface area contributed by atoms with Gasteiger partial charge in [0.15, 0.2) is 0 Å². The van der Waals surface area contributed by atoms with Crippen molar-refractivity contribution in [1.29, 1.82) is 0 Å². The normalized spacial score (nSPS) is 12.4. The van der Waals surface area contributed by atoms with E-state index in [1.165, 1.54) is 0 Å². The van der Waals surface area contributed by atoms with Crippen LogP contribution in [0.25, 0.3) is 0 Å². The topological polar surface area (TPSA) is 50.7 Å². The highest BCUT2D eigenvalue weighted by atomic mass is 35.5. The molecule has 1 aromatic carbocycles. The van der Waals surface area contributed by atoms with Crippen LogP contribution >= 0.6 is 23.2 Å². The molecule has 120 valence electrons. The van der Waals surface area contributed by atoms with Crippen LogP contribution in [0.3, 0.4) is 0 Å². The molecule has 1 atom stereocenters. The number of halogens is 2. The third-order valence-electron chi connectivity index (χ3n) is 2.70. The van der Waals surface area contributed by atoms with Crippen molar-refractivity contribution in [1.82, 2.24) is 5.32 Å². The van der Waals surface area contributed by atoms with Crippen LogP contribution in [0, 0.1) is 0 Å². The molecule has 0 bridgehead atoms. The molecule has 0 aliphatic heterocycles. The molecule has 0 fully saturated rings. The molecule has 0 aromatic heterocycles. The minimum absolute atomic E-state index is 0.166. The van der Waals surface area contributed by atoms with Crippen LogP contribution < -0.4 is 10.1 Å². The van der Waals surface area contributed by atoms with E-state index in [-0.39, 0.29) is 6.61 Å². The minimum atomic E-state index is -0.600. The summed E-state index contributed by atoms with van der Waals surface area (Å²) in [5.41, 5.74) is 0.